The minimum absolute atomic E-state index is 0.0995. The van der Waals surface area contributed by atoms with Crippen LogP contribution < -0.4 is 10.1 Å². The number of benzene rings is 1. The van der Waals surface area contributed by atoms with Crippen molar-refractivity contribution >= 4 is 27.5 Å². The molecular formula is C21H19N3O2S. The van der Waals surface area contributed by atoms with Crippen LogP contribution in [0.4, 0.5) is 0 Å². The maximum absolute atomic E-state index is 12.8. The van der Waals surface area contributed by atoms with Crippen LogP contribution >= 0.6 is 11.3 Å². The van der Waals surface area contributed by atoms with Gasteiger partial charge in [-0.15, -0.1) is 11.3 Å². The third-order valence-corrected chi connectivity index (χ3v) is 5.26. The molecule has 3 heterocycles. The Labute approximate surface area is 161 Å². The molecule has 5 nitrogen and oxygen atoms in total. The van der Waals surface area contributed by atoms with Crippen LogP contribution in [-0.2, 0) is 13.1 Å². The number of nitrogens with zero attached hydrogens (tertiary/aromatic N) is 2. The Morgan fingerprint density at radius 3 is 2.78 bits per heavy atom. The maximum atomic E-state index is 12.8. The number of amides is 1. The predicted molar refractivity (Wildman–Crippen MR) is 107 cm³/mol. The first-order valence-electron chi connectivity index (χ1n) is 8.62. The van der Waals surface area contributed by atoms with Gasteiger partial charge < -0.3 is 14.6 Å². The average molecular weight is 377 g/mol. The van der Waals surface area contributed by atoms with E-state index in [1.165, 1.54) is 0 Å². The van der Waals surface area contributed by atoms with Crippen molar-refractivity contribution < 1.29 is 9.53 Å². The summed E-state index contributed by atoms with van der Waals surface area (Å²) >= 11 is 1.64. The van der Waals surface area contributed by atoms with Gasteiger partial charge in [0, 0.05) is 12.7 Å². The topological polar surface area (TPSA) is 56.1 Å². The van der Waals surface area contributed by atoms with E-state index in [0.29, 0.717) is 18.8 Å². The molecule has 0 radical (unpaired) electrons. The molecule has 4 rings (SSSR count). The van der Waals surface area contributed by atoms with Gasteiger partial charge in [-0.05, 0) is 47.3 Å². The first kappa shape index (κ1) is 17.3. The highest BCUT2D eigenvalue weighted by atomic mass is 32.1. The normalized spacial score (nSPS) is 10.9. The quantitative estimate of drug-likeness (QED) is 0.551. The van der Waals surface area contributed by atoms with Crippen molar-refractivity contribution in [3.8, 4) is 5.75 Å². The van der Waals surface area contributed by atoms with E-state index >= 15 is 0 Å². The van der Waals surface area contributed by atoms with Gasteiger partial charge in [-0.2, -0.15) is 0 Å². The third kappa shape index (κ3) is 3.71. The molecule has 0 bridgehead atoms. The van der Waals surface area contributed by atoms with Gasteiger partial charge in [0.2, 0.25) is 0 Å². The molecule has 0 atom stereocenters. The first-order valence-corrected chi connectivity index (χ1v) is 9.50. The number of thiophene rings is 1. The number of hydrogen-bond donors (Lipinski definition) is 1. The second kappa shape index (κ2) is 7.63. The lowest BCUT2D eigenvalue weighted by molar-refractivity contribution is 0.0942. The molecule has 3 aromatic heterocycles. The molecule has 1 aromatic carbocycles. The highest BCUT2D eigenvalue weighted by Gasteiger charge is 2.16. The number of nitrogens with one attached hydrogen (secondary N) is 1. The van der Waals surface area contributed by atoms with Gasteiger partial charge in [0.15, 0.2) is 0 Å². The monoisotopic (exact) mass is 377 g/mol. The van der Waals surface area contributed by atoms with E-state index in [4.69, 9.17) is 4.74 Å². The van der Waals surface area contributed by atoms with E-state index in [9.17, 15) is 4.79 Å². The zero-order chi connectivity index (χ0) is 18.6. The molecule has 6 heteroatoms. The molecule has 0 saturated carbocycles. The molecule has 1 N–H and O–H groups in total. The zero-order valence-electron chi connectivity index (χ0n) is 14.9. The number of carbonyl (C=O) groups is 1. The minimum Gasteiger partial charge on any atom is -0.497 e. The van der Waals surface area contributed by atoms with Crippen LogP contribution in [0.25, 0.3) is 10.2 Å². The molecule has 1 amide bonds. The van der Waals surface area contributed by atoms with Crippen molar-refractivity contribution in [3.63, 3.8) is 0 Å². The average Bonchev–Trinajstić information content (AvgIpc) is 3.30. The minimum atomic E-state index is -0.0995. The number of ether oxygens (including phenoxy) is 1. The van der Waals surface area contributed by atoms with E-state index < -0.39 is 0 Å². The summed E-state index contributed by atoms with van der Waals surface area (Å²) in [5.41, 5.74) is 3.67. The highest BCUT2D eigenvalue weighted by Crippen LogP contribution is 2.26. The number of carbonyl (C=O) groups excluding carboxylic acids is 1. The number of pyridine rings is 1. The number of aromatic nitrogens is 2. The van der Waals surface area contributed by atoms with Crippen molar-refractivity contribution in [2.45, 2.75) is 13.1 Å². The summed E-state index contributed by atoms with van der Waals surface area (Å²) in [6, 6.07) is 17.6. The summed E-state index contributed by atoms with van der Waals surface area (Å²) < 4.78 is 8.38. The van der Waals surface area contributed by atoms with Gasteiger partial charge >= 0.3 is 0 Å². The standard InChI is InChI=1S/C21H19N3O2S/c1-26-17-7-5-15(6-8-17)14-24-18-9-11-27-20(18)12-19(24)21(25)23-13-16-4-2-3-10-22-16/h2-12H,13-14H2,1H3,(H,23,25). The highest BCUT2D eigenvalue weighted by molar-refractivity contribution is 7.17. The Balaban J connectivity index is 1.59. The molecule has 4 aromatic rings. The molecule has 0 fully saturated rings. The van der Waals surface area contributed by atoms with Crippen LogP contribution in [0.5, 0.6) is 5.75 Å². The van der Waals surface area contributed by atoms with E-state index in [0.717, 1.165) is 27.2 Å². The summed E-state index contributed by atoms with van der Waals surface area (Å²) in [5.74, 6) is 0.720. The summed E-state index contributed by atoms with van der Waals surface area (Å²) in [7, 11) is 1.65. The van der Waals surface area contributed by atoms with Gasteiger partial charge in [-0.25, -0.2) is 0 Å². The van der Waals surface area contributed by atoms with Gasteiger partial charge in [0.05, 0.1) is 29.6 Å². The van der Waals surface area contributed by atoms with Gasteiger partial charge in [0.25, 0.3) is 5.91 Å². The van der Waals surface area contributed by atoms with Crippen LogP contribution in [0.2, 0.25) is 0 Å². The first-order chi connectivity index (χ1) is 13.2. The Bertz CT molecular complexity index is 1050. The summed E-state index contributed by atoms with van der Waals surface area (Å²) in [5, 5.41) is 5.02. The smallest absolute Gasteiger partial charge is 0.268 e. The fraction of sp³-hybridized carbons (Fsp3) is 0.143. The van der Waals surface area contributed by atoms with Crippen molar-refractivity contribution in [1.29, 1.82) is 0 Å². The fourth-order valence-corrected chi connectivity index (χ4v) is 3.84. The van der Waals surface area contributed by atoms with Crippen LogP contribution in [0.15, 0.2) is 66.2 Å². The Morgan fingerprint density at radius 1 is 1.19 bits per heavy atom. The molecule has 0 saturated heterocycles. The molecule has 27 heavy (non-hydrogen) atoms. The second-order valence-corrected chi connectivity index (χ2v) is 7.09. The lowest BCUT2D eigenvalue weighted by Gasteiger charge is -2.11. The van der Waals surface area contributed by atoms with Gasteiger partial charge in [0.1, 0.15) is 11.4 Å². The summed E-state index contributed by atoms with van der Waals surface area (Å²) in [6.45, 7) is 1.03. The maximum Gasteiger partial charge on any atom is 0.268 e. The second-order valence-electron chi connectivity index (χ2n) is 6.14. The molecule has 0 spiro atoms. The Morgan fingerprint density at radius 2 is 2.04 bits per heavy atom. The van der Waals surface area contributed by atoms with E-state index in [1.54, 1.807) is 24.6 Å². The Hall–Kier alpha value is -3.12. The summed E-state index contributed by atoms with van der Waals surface area (Å²) in [4.78, 5) is 17.1. The molecular weight excluding hydrogens is 358 g/mol. The van der Waals surface area contributed by atoms with E-state index in [-0.39, 0.29) is 5.91 Å². The molecule has 0 aliphatic rings. The van der Waals surface area contributed by atoms with Crippen LogP contribution in [0.1, 0.15) is 21.7 Å². The predicted octanol–water partition coefficient (Wildman–Crippen LogP) is 4.08. The van der Waals surface area contributed by atoms with Crippen LogP contribution in [-0.4, -0.2) is 22.6 Å². The largest absolute Gasteiger partial charge is 0.497 e. The number of hydrogen-bond acceptors (Lipinski definition) is 4. The van der Waals surface area contributed by atoms with E-state index in [2.05, 4.69) is 20.9 Å². The summed E-state index contributed by atoms with van der Waals surface area (Å²) in [6.07, 6.45) is 1.73. The molecule has 0 aliphatic heterocycles. The zero-order valence-corrected chi connectivity index (χ0v) is 15.7. The van der Waals surface area contributed by atoms with Crippen molar-refractivity contribution in [2.24, 2.45) is 0 Å². The lowest BCUT2D eigenvalue weighted by atomic mass is 10.2. The molecule has 136 valence electrons. The van der Waals surface area contributed by atoms with Crippen LogP contribution in [0, 0.1) is 0 Å². The van der Waals surface area contributed by atoms with Crippen molar-refractivity contribution in [1.82, 2.24) is 14.9 Å². The molecule has 0 aliphatic carbocycles. The fourth-order valence-electron chi connectivity index (χ4n) is 3.01. The third-order valence-electron chi connectivity index (χ3n) is 4.41. The van der Waals surface area contributed by atoms with Gasteiger partial charge in [-0.1, -0.05) is 18.2 Å². The number of fused-ring (bicyclic) bond motifs is 1. The number of rotatable bonds is 6. The lowest BCUT2D eigenvalue weighted by Crippen LogP contribution is -2.26. The van der Waals surface area contributed by atoms with Crippen molar-refractivity contribution in [2.75, 3.05) is 7.11 Å². The SMILES string of the molecule is COc1ccc(Cn2c(C(=O)NCc3ccccn3)cc3sccc32)cc1. The van der Waals surface area contributed by atoms with Crippen LogP contribution in [0.3, 0.4) is 0 Å². The van der Waals surface area contributed by atoms with E-state index in [1.807, 2.05) is 53.9 Å². The Kier molecular flexibility index (Phi) is 4.89. The molecule has 0 unspecified atom stereocenters. The van der Waals surface area contributed by atoms with Gasteiger partial charge in [-0.3, -0.25) is 9.78 Å². The van der Waals surface area contributed by atoms with Crippen molar-refractivity contribution in [3.05, 3.63) is 83.1 Å². The number of methoxy groups -OCH3 is 1.